The Morgan fingerprint density at radius 2 is 2.07 bits per heavy atom. The van der Waals surface area contributed by atoms with Crippen LogP contribution in [0, 0.1) is 5.41 Å². The van der Waals surface area contributed by atoms with Crippen LogP contribution in [0.1, 0.15) is 47.0 Å². The third-order valence-electron chi connectivity index (χ3n) is 3.72. The van der Waals surface area contributed by atoms with Crippen molar-refractivity contribution in [2.75, 3.05) is 6.54 Å². The summed E-state index contributed by atoms with van der Waals surface area (Å²) in [7, 11) is 0. The first-order chi connectivity index (χ1) is 6.86. The third kappa shape index (κ3) is 1.52. The van der Waals surface area contributed by atoms with Gasteiger partial charge in [0.15, 0.2) is 0 Å². The van der Waals surface area contributed by atoms with E-state index in [1.807, 2.05) is 4.90 Å². The topological polar surface area (TPSA) is 29.5 Å². The van der Waals surface area contributed by atoms with Gasteiger partial charge in [-0.15, -0.1) is 0 Å². The maximum atomic E-state index is 11.8. The number of carbonyl (C=O) groups is 1. The number of hydrogen-bond acceptors (Lipinski definition) is 2. The first kappa shape index (κ1) is 10.8. The van der Waals surface area contributed by atoms with E-state index < -0.39 is 0 Å². The third-order valence-corrected chi connectivity index (χ3v) is 3.72. The first-order valence-electron chi connectivity index (χ1n) is 5.84. The Labute approximate surface area is 91.8 Å². The van der Waals surface area contributed by atoms with Crippen LogP contribution < -0.4 is 0 Å². The van der Waals surface area contributed by atoms with Crippen LogP contribution in [0.5, 0.6) is 0 Å². The SMILES string of the molecule is CC(C)(C)[C@H]1OC(=O)N2CCCC[C@@]12C. The minimum atomic E-state index is -0.114. The van der Waals surface area contributed by atoms with Crippen molar-refractivity contribution in [1.82, 2.24) is 4.90 Å². The average molecular weight is 211 g/mol. The Hall–Kier alpha value is -0.730. The van der Waals surface area contributed by atoms with E-state index in [1.54, 1.807) is 0 Å². The Balaban J connectivity index is 2.32. The number of hydrogen-bond donors (Lipinski definition) is 0. The lowest BCUT2D eigenvalue weighted by atomic mass is 9.73. The molecule has 0 saturated carbocycles. The highest BCUT2D eigenvalue weighted by molar-refractivity contribution is 5.72. The van der Waals surface area contributed by atoms with Gasteiger partial charge < -0.3 is 4.74 Å². The van der Waals surface area contributed by atoms with Gasteiger partial charge in [0.25, 0.3) is 0 Å². The highest BCUT2D eigenvalue weighted by Gasteiger charge is 2.56. The summed E-state index contributed by atoms with van der Waals surface area (Å²) in [6, 6.07) is 0. The van der Waals surface area contributed by atoms with E-state index in [2.05, 4.69) is 27.7 Å². The molecule has 3 nitrogen and oxygen atoms in total. The van der Waals surface area contributed by atoms with Gasteiger partial charge in [-0.2, -0.15) is 0 Å². The zero-order chi connectivity index (χ0) is 11.3. The number of piperidine rings is 1. The molecule has 2 aliphatic heterocycles. The summed E-state index contributed by atoms with van der Waals surface area (Å²) in [6.45, 7) is 9.48. The first-order valence-corrected chi connectivity index (χ1v) is 5.84. The van der Waals surface area contributed by atoms with E-state index in [0.717, 1.165) is 19.4 Å². The fourth-order valence-corrected chi connectivity index (χ4v) is 3.12. The van der Waals surface area contributed by atoms with Gasteiger partial charge in [0, 0.05) is 12.0 Å². The highest BCUT2D eigenvalue weighted by atomic mass is 16.6. The number of cyclic esters (lactones) is 1. The Kier molecular flexibility index (Phi) is 2.25. The molecule has 1 amide bonds. The highest BCUT2D eigenvalue weighted by Crippen LogP contribution is 2.45. The summed E-state index contributed by atoms with van der Waals surface area (Å²) in [5.74, 6) is 0. The maximum Gasteiger partial charge on any atom is 0.410 e. The van der Waals surface area contributed by atoms with E-state index in [-0.39, 0.29) is 23.2 Å². The van der Waals surface area contributed by atoms with Crippen LogP contribution in [0.25, 0.3) is 0 Å². The van der Waals surface area contributed by atoms with E-state index >= 15 is 0 Å². The zero-order valence-electron chi connectivity index (χ0n) is 10.2. The predicted octanol–water partition coefficient (Wildman–Crippen LogP) is 2.80. The number of amides is 1. The van der Waals surface area contributed by atoms with Crippen LogP contribution in [0.2, 0.25) is 0 Å². The number of rotatable bonds is 0. The summed E-state index contributed by atoms with van der Waals surface area (Å²) >= 11 is 0. The molecule has 2 saturated heterocycles. The Morgan fingerprint density at radius 3 is 2.67 bits per heavy atom. The van der Waals surface area contributed by atoms with Gasteiger partial charge >= 0.3 is 6.09 Å². The molecule has 3 heteroatoms. The molecular formula is C12H21NO2. The largest absolute Gasteiger partial charge is 0.443 e. The lowest BCUT2D eigenvalue weighted by molar-refractivity contribution is 0.00625. The summed E-state index contributed by atoms with van der Waals surface area (Å²) in [5.41, 5.74) is -0.0515. The van der Waals surface area contributed by atoms with Crippen molar-refractivity contribution in [2.45, 2.75) is 58.6 Å². The second-order valence-corrected chi connectivity index (χ2v) is 6.10. The van der Waals surface area contributed by atoms with Crippen LogP contribution in [0.3, 0.4) is 0 Å². The van der Waals surface area contributed by atoms with Crippen molar-refractivity contribution in [3.63, 3.8) is 0 Å². The van der Waals surface area contributed by atoms with Crippen LogP contribution >= 0.6 is 0 Å². The molecule has 0 bridgehead atoms. The Bertz CT molecular complexity index is 282. The number of ether oxygens (including phenoxy) is 1. The summed E-state index contributed by atoms with van der Waals surface area (Å²) in [6.07, 6.45) is 3.30. The second kappa shape index (κ2) is 3.13. The van der Waals surface area contributed by atoms with Gasteiger partial charge in [-0.25, -0.2) is 4.79 Å². The Morgan fingerprint density at radius 1 is 1.40 bits per heavy atom. The molecule has 2 heterocycles. The fraction of sp³-hybridized carbons (Fsp3) is 0.917. The second-order valence-electron chi connectivity index (χ2n) is 6.10. The lowest BCUT2D eigenvalue weighted by Gasteiger charge is -2.43. The molecule has 2 atom stereocenters. The van der Waals surface area contributed by atoms with E-state index in [0.29, 0.717) is 0 Å². The molecule has 0 spiro atoms. The van der Waals surface area contributed by atoms with Crippen molar-refractivity contribution >= 4 is 6.09 Å². The number of carbonyl (C=O) groups excluding carboxylic acids is 1. The maximum absolute atomic E-state index is 11.8. The van der Waals surface area contributed by atoms with Crippen molar-refractivity contribution in [3.8, 4) is 0 Å². The number of nitrogens with zero attached hydrogens (tertiary/aromatic N) is 1. The van der Waals surface area contributed by atoms with Gasteiger partial charge in [0.1, 0.15) is 6.10 Å². The molecule has 0 aromatic heterocycles. The molecule has 2 aliphatic rings. The quantitative estimate of drug-likeness (QED) is 0.616. The molecular weight excluding hydrogens is 190 g/mol. The standard InChI is InChI=1S/C12H21NO2/c1-11(2,3)9-12(4)7-5-6-8-13(12)10(14)15-9/h9H,5-8H2,1-4H3/t9-,12+/m1/s1. The molecule has 0 N–H and O–H groups in total. The monoisotopic (exact) mass is 211 g/mol. The van der Waals surface area contributed by atoms with Crippen molar-refractivity contribution in [3.05, 3.63) is 0 Å². The smallest absolute Gasteiger partial charge is 0.410 e. The summed E-state index contributed by atoms with van der Waals surface area (Å²) in [4.78, 5) is 13.7. The average Bonchev–Trinajstić information content (AvgIpc) is 2.38. The zero-order valence-corrected chi connectivity index (χ0v) is 10.2. The minimum absolute atomic E-state index is 0.0243. The predicted molar refractivity (Wildman–Crippen MR) is 58.7 cm³/mol. The van der Waals surface area contributed by atoms with E-state index in [4.69, 9.17) is 4.74 Å². The molecule has 15 heavy (non-hydrogen) atoms. The van der Waals surface area contributed by atoms with Crippen LogP contribution in [0.4, 0.5) is 4.79 Å². The molecule has 86 valence electrons. The van der Waals surface area contributed by atoms with Gasteiger partial charge in [-0.1, -0.05) is 20.8 Å². The molecule has 2 fully saturated rings. The van der Waals surface area contributed by atoms with Crippen LogP contribution in [0.15, 0.2) is 0 Å². The van der Waals surface area contributed by atoms with E-state index in [9.17, 15) is 4.79 Å². The van der Waals surface area contributed by atoms with Gasteiger partial charge in [0.05, 0.1) is 5.54 Å². The van der Waals surface area contributed by atoms with Gasteiger partial charge in [0.2, 0.25) is 0 Å². The van der Waals surface area contributed by atoms with Crippen LogP contribution in [-0.4, -0.2) is 29.2 Å². The van der Waals surface area contributed by atoms with Gasteiger partial charge in [-0.3, -0.25) is 4.90 Å². The molecule has 2 rings (SSSR count). The normalized spacial score (nSPS) is 36.4. The molecule has 0 radical (unpaired) electrons. The van der Waals surface area contributed by atoms with Crippen molar-refractivity contribution in [2.24, 2.45) is 5.41 Å². The lowest BCUT2D eigenvalue weighted by Crippen LogP contribution is -2.54. The number of fused-ring (bicyclic) bond motifs is 1. The molecule has 0 aromatic carbocycles. The summed E-state index contributed by atoms with van der Waals surface area (Å²) in [5, 5.41) is 0. The molecule has 0 unspecified atom stereocenters. The van der Waals surface area contributed by atoms with Crippen molar-refractivity contribution in [1.29, 1.82) is 0 Å². The fourth-order valence-electron chi connectivity index (χ4n) is 3.12. The van der Waals surface area contributed by atoms with Gasteiger partial charge in [-0.05, 0) is 26.2 Å². The van der Waals surface area contributed by atoms with Crippen molar-refractivity contribution < 1.29 is 9.53 Å². The molecule has 0 aliphatic carbocycles. The van der Waals surface area contributed by atoms with Crippen LogP contribution in [-0.2, 0) is 4.74 Å². The molecule has 0 aromatic rings. The minimum Gasteiger partial charge on any atom is -0.443 e. The van der Waals surface area contributed by atoms with E-state index in [1.165, 1.54) is 6.42 Å². The summed E-state index contributed by atoms with van der Waals surface area (Å²) < 4.78 is 5.56.